The molecule has 0 spiro atoms. The topological polar surface area (TPSA) is 32.5 Å². The Hall–Kier alpha value is -1.06. The molecule has 1 aromatic carbocycles. The van der Waals surface area contributed by atoms with Gasteiger partial charge in [-0.1, -0.05) is 12.1 Å². The average molecular weight is 247 g/mol. The summed E-state index contributed by atoms with van der Waals surface area (Å²) in [5.74, 6) is 0. The van der Waals surface area contributed by atoms with Gasteiger partial charge in [0, 0.05) is 38.4 Å². The average Bonchev–Trinajstić information content (AvgIpc) is 2.38. The Kier molecular flexibility index (Phi) is 4.25. The molecule has 0 aliphatic carbocycles. The summed E-state index contributed by atoms with van der Waals surface area (Å²) in [6.45, 7) is 4.48. The number of hydrogen-bond acceptors (Lipinski definition) is 3. The van der Waals surface area contributed by atoms with Crippen LogP contribution in [0.25, 0.3) is 0 Å². The summed E-state index contributed by atoms with van der Waals surface area (Å²) >= 11 is 0. The van der Waals surface area contributed by atoms with Crippen LogP contribution in [-0.2, 0) is 0 Å². The number of likely N-dealkylation sites (tertiary alicyclic amines) is 1. The minimum atomic E-state index is 0.349. The van der Waals surface area contributed by atoms with E-state index in [9.17, 15) is 0 Å². The van der Waals surface area contributed by atoms with Crippen molar-refractivity contribution in [2.75, 3.05) is 32.1 Å². The van der Waals surface area contributed by atoms with Gasteiger partial charge in [-0.05, 0) is 44.0 Å². The lowest BCUT2D eigenvalue weighted by atomic mass is 10.0. The predicted molar refractivity (Wildman–Crippen MR) is 78.0 cm³/mol. The minimum Gasteiger partial charge on any atom is -0.378 e. The predicted octanol–water partition coefficient (Wildman–Crippen LogP) is 2.24. The molecule has 2 atom stereocenters. The number of anilines is 1. The highest BCUT2D eigenvalue weighted by Gasteiger charge is 2.22. The molecule has 0 amide bonds. The van der Waals surface area contributed by atoms with E-state index < -0.39 is 0 Å². The van der Waals surface area contributed by atoms with Gasteiger partial charge in [-0.15, -0.1) is 0 Å². The lowest BCUT2D eigenvalue weighted by molar-refractivity contribution is 0.159. The molecular weight excluding hydrogens is 222 g/mol. The third-order valence-electron chi connectivity index (χ3n) is 3.93. The first-order chi connectivity index (χ1) is 8.58. The van der Waals surface area contributed by atoms with E-state index in [4.69, 9.17) is 5.73 Å². The van der Waals surface area contributed by atoms with E-state index in [1.165, 1.54) is 30.6 Å². The van der Waals surface area contributed by atoms with Crippen molar-refractivity contribution < 1.29 is 0 Å². The molecule has 1 saturated heterocycles. The fourth-order valence-corrected chi connectivity index (χ4v) is 2.65. The molecule has 2 N–H and O–H groups in total. The molecule has 2 unspecified atom stereocenters. The number of benzene rings is 1. The van der Waals surface area contributed by atoms with Gasteiger partial charge in [0.05, 0.1) is 0 Å². The first kappa shape index (κ1) is 13.4. The minimum absolute atomic E-state index is 0.349. The quantitative estimate of drug-likeness (QED) is 0.889. The van der Waals surface area contributed by atoms with Gasteiger partial charge in [0.2, 0.25) is 0 Å². The molecule has 1 aromatic rings. The fraction of sp³-hybridized carbons (Fsp3) is 0.600. The molecule has 0 saturated carbocycles. The Morgan fingerprint density at radius 1 is 1.28 bits per heavy atom. The number of nitrogens with two attached hydrogens (primary N) is 1. The van der Waals surface area contributed by atoms with Gasteiger partial charge in [-0.25, -0.2) is 0 Å². The zero-order valence-corrected chi connectivity index (χ0v) is 11.8. The van der Waals surface area contributed by atoms with Crippen LogP contribution in [0.1, 0.15) is 31.4 Å². The molecule has 2 rings (SSSR count). The van der Waals surface area contributed by atoms with Crippen molar-refractivity contribution in [1.29, 1.82) is 0 Å². The van der Waals surface area contributed by atoms with Crippen LogP contribution in [0.2, 0.25) is 0 Å². The van der Waals surface area contributed by atoms with Gasteiger partial charge in [0.15, 0.2) is 0 Å². The van der Waals surface area contributed by atoms with Gasteiger partial charge in [0.25, 0.3) is 0 Å². The van der Waals surface area contributed by atoms with Crippen LogP contribution < -0.4 is 10.6 Å². The molecule has 0 radical (unpaired) electrons. The maximum atomic E-state index is 6.06. The normalized spacial score (nSPS) is 22.8. The molecule has 1 fully saturated rings. The van der Waals surface area contributed by atoms with Crippen LogP contribution in [0.15, 0.2) is 24.3 Å². The van der Waals surface area contributed by atoms with Crippen molar-refractivity contribution >= 4 is 5.69 Å². The standard InChI is InChI=1S/C15H25N3/c1-12(18-10-4-5-14(16)11-18)13-6-8-15(9-7-13)17(2)3/h6-9,12,14H,4-5,10-11,16H2,1-3H3. The van der Waals surface area contributed by atoms with Gasteiger partial charge < -0.3 is 10.6 Å². The number of hydrogen-bond donors (Lipinski definition) is 1. The zero-order chi connectivity index (χ0) is 13.1. The summed E-state index contributed by atoms with van der Waals surface area (Å²) in [6, 6.07) is 9.67. The third kappa shape index (κ3) is 3.03. The summed E-state index contributed by atoms with van der Waals surface area (Å²) in [5.41, 5.74) is 8.69. The van der Waals surface area contributed by atoms with Gasteiger partial charge in [0.1, 0.15) is 0 Å². The van der Waals surface area contributed by atoms with E-state index in [-0.39, 0.29) is 0 Å². The van der Waals surface area contributed by atoms with E-state index in [1.54, 1.807) is 0 Å². The highest BCUT2D eigenvalue weighted by Crippen LogP contribution is 2.25. The van der Waals surface area contributed by atoms with Crippen molar-refractivity contribution in [3.63, 3.8) is 0 Å². The molecule has 3 nitrogen and oxygen atoms in total. The molecule has 0 bridgehead atoms. The summed E-state index contributed by atoms with van der Waals surface area (Å²) in [7, 11) is 4.14. The Morgan fingerprint density at radius 2 is 1.94 bits per heavy atom. The fourth-order valence-electron chi connectivity index (χ4n) is 2.65. The smallest absolute Gasteiger partial charge is 0.0361 e. The summed E-state index contributed by atoms with van der Waals surface area (Å²) in [5, 5.41) is 0. The second-order valence-electron chi connectivity index (χ2n) is 5.56. The summed E-state index contributed by atoms with van der Waals surface area (Å²) in [6.07, 6.45) is 2.39. The van der Waals surface area contributed by atoms with E-state index in [0.717, 1.165) is 6.54 Å². The largest absolute Gasteiger partial charge is 0.378 e. The molecule has 1 aliphatic rings. The molecule has 1 heterocycles. The van der Waals surface area contributed by atoms with Gasteiger partial charge in [-0.3, -0.25) is 4.90 Å². The maximum Gasteiger partial charge on any atom is 0.0361 e. The van der Waals surface area contributed by atoms with Gasteiger partial charge in [-0.2, -0.15) is 0 Å². The second-order valence-corrected chi connectivity index (χ2v) is 5.56. The summed E-state index contributed by atoms with van der Waals surface area (Å²) in [4.78, 5) is 4.63. The maximum absolute atomic E-state index is 6.06. The lowest BCUT2D eigenvalue weighted by Gasteiger charge is -2.35. The van der Waals surface area contributed by atoms with Crippen LogP contribution in [0.3, 0.4) is 0 Å². The van der Waals surface area contributed by atoms with Crippen LogP contribution in [0.5, 0.6) is 0 Å². The monoisotopic (exact) mass is 247 g/mol. The van der Waals surface area contributed by atoms with Crippen LogP contribution in [-0.4, -0.2) is 38.1 Å². The molecule has 100 valence electrons. The third-order valence-corrected chi connectivity index (χ3v) is 3.93. The number of nitrogens with zero attached hydrogens (tertiary/aromatic N) is 2. The number of piperidine rings is 1. The lowest BCUT2D eigenvalue weighted by Crippen LogP contribution is -2.43. The van der Waals surface area contributed by atoms with E-state index in [0.29, 0.717) is 12.1 Å². The van der Waals surface area contributed by atoms with Crippen LogP contribution in [0, 0.1) is 0 Å². The highest BCUT2D eigenvalue weighted by molar-refractivity contribution is 5.46. The van der Waals surface area contributed by atoms with E-state index in [1.807, 2.05) is 0 Å². The van der Waals surface area contributed by atoms with Crippen molar-refractivity contribution in [3.8, 4) is 0 Å². The summed E-state index contributed by atoms with van der Waals surface area (Å²) < 4.78 is 0. The van der Waals surface area contributed by atoms with Crippen molar-refractivity contribution in [1.82, 2.24) is 4.90 Å². The highest BCUT2D eigenvalue weighted by atomic mass is 15.2. The zero-order valence-electron chi connectivity index (χ0n) is 11.8. The van der Waals surface area contributed by atoms with Crippen LogP contribution in [0.4, 0.5) is 5.69 Å². The molecule has 0 aromatic heterocycles. The first-order valence-corrected chi connectivity index (χ1v) is 6.85. The molecular formula is C15H25N3. The molecule has 3 heteroatoms. The first-order valence-electron chi connectivity index (χ1n) is 6.85. The van der Waals surface area contributed by atoms with Gasteiger partial charge >= 0.3 is 0 Å². The Morgan fingerprint density at radius 3 is 2.50 bits per heavy atom. The molecule has 18 heavy (non-hydrogen) atoms. The Labute approximate surface area is 111 Å². The van der Waals surface area contributed by atoms with Crippen molar-refractivity contribution in [2.45, 2.75) is 31.8 Å². The molecule has 1 aliphatic heterocycles. The van der Waals surface area contributed by atoms with E-state index in [2.05, 4.69) is 55.1 Å². The Balaban J connectivity index is 2.05. The van der Waals surface area contributed by atoms with Crippen LogP contribution >= 0.6 is 0 Å². The van der Waals surface area contributed by atoms with Crippen molar-refractivity contribution in [2.24, 2.45) is 5.73 Å². The van der Waals surface area contributed by atoms with E-state index >= 15 is 0 Å². The number of rotatable bonds is 3. The Bertz CT molecular complexity index is 372. The SMILES string of the molecule is CC(c1ccc(N(C)C)cc1)N1CCCC(N)C1. The second kappa shape index (κ2) is 5.72. The van der Waals surface area contributed by atoms with Crippen molar-refractivity contribution in [3.05, 3.63) is 29.8 Å².